The van der Waals surface area contributed by atoms with E-state index in [1.807, 2.05) is 18.2 Å². The lowest BCUT2D eigenvalue weighted by molar-refractivity contribution is -0.672. The zero-order chi connectivity index (χ0) is 15.2. The number of benzene rings is 1. The fraction of sp³-hybridized carbons (Fsp3) is 0.263. The first kappa shape index (κ1) is 14.7. The molecule has 0 fully saturated rings. The first-order valence-corrected chi connectivity index (χ1v) is 7.77. The highest BCUT2D eigenvalue weighted by molar-refractivity contribution is 5.29. The Balaban J connectivity index is 1.63. The highest BCUT2D eigenvalue weighted by Crippen LogP contribution is 2.27. The minimum absolute atomic E-state index is 0.309. The highest BCUT2D eigenvalue weighted by atomic mass is 16.3. The van der Waals surface area contributed by atoms with Gasteiger partial charge in [-0.2, -0.15) is 0 Å². The molecule has 0 aliphatic rings. The Morgan fingerprint density at radius 1 is 0.955 bits per heavy atom. The first-order chi connectivity index (χ1) is 10.8. The van der Waals surface area contributed by atoms with Crippen LogP contribution in [0.5, 0.6) is 0 Å². The summed E-state index contributed by atoms with van der Waals surface area (Å²) in [5.74, 6) is 2.36. The molecule has 0 spiro atoms. The third-order valence-corrected chi connectivity index (χ3v) is 3.95. The fourth-order valence-corrected chi connectivity index (χ4v) is 2.72. The van der Waals surface area contributed by atoms with Crippen LogP contribution in [0.3, 0.4) is 0 Å². The normalized spacial score (nSPS) is 12.4. The molecule has 2 heterocycles. The number of aryl methyl sites for hydroxylation is 1. The van der Waals surface area contributed by atoms with Crippen LogP contribution in [0.4, 0.5) is 0 Å². The molecule has 2 N–H and O–H groups in total. The fourth-order valence-electron chi connectivity index (χ4n) is 2.72. The van der Waals surface area contributed by atoms with E-state index in [4.69, 9.17) is 8.83 Å². The minimum atomic E-state index is 0.309. The zero-order valence-corrected chi connectivity index (χ0v) is 12.9. The molecule has 3 heteroatoms. The highest BCUT2D eigenvalue weighted by Gasteiger charge is 2.17. The van der Waals surface area contributed by atoms with Crippen molar-refractivity contribution >= 4 is 0 Å². The lowest BCUT2D eigenvalue weighted by Crippen LogP contribution is -2.82. The van der Waals surface area contributed by atoms with Crippen molar-refractivity contribution in [1.29, 1.82) is 0 Å². The second-order valence-electron chi connectivity index (χ2n) is 5.63. The molecular weight excluding hydrogens is 274 g/mol. The molecule has 3 nitrogen and oxygen atoms in total. The van der Waals surface area contributed by atoms with Gasteiger partial charge in [-0.1, -0.05) is 29.8 Å². The standard InChI is InChI=1S/C19H21NO2/c1-15-6-8-16(9-7-15)18(19-5-3-13-22-19)10-11-20-14-17-4-2-12-21-17/h2-9,12-13,18,20H,10-11,14H2,1H3/p+1/t18-/m0/s1. The molecule has 1 atom stereocenters. The summed E-state index contributed by atoms with van der Waals surface area (Å²) in [5.41, 5.74) is 2.60. The van der Waals surface area contributed by atoms with Crippen molar-refractivity contribution in [2.24, 2.45) is 0 Å². The van der Waals surface area contributed by atoms with E-state index in [-0.39, 0.29) is 0 Å². The Kier molecular flexibility index (Phi) is 4.76. The van der Waals surface area contributed by atoms with E-state index in [2.05, 4.69) is 42.6 Å². The molecule has 0 radical (unpaired) electrons. The molecule has 3 aromatic rings. The van der Waals surface area contributed by atoms with Crippen LogP contribution in [-0.2, 0) is 6.54 Å². The monoisotopic (exact) mass is 296 g/mol. The van der Waals surface area contributed by atoms with E-state index in [0.29, 0.717) is 5.92 Å². The van der Waals surface area contributed by atoms with Gasteiger partial charge < -0.3 is 14.2 Å². The van der Waals surface area contributed by atoms with Gasteiger partial charge >= 0.3 is 0 Å². The van der Waals surface area contributed by atoms with Gasteiger partial charge in [0.15, 0.2) is 5.76 Å². The Morgan fingerprint density at radius 2 is 1.73 bits per heavy atom. The number of hydrogen-bond donors (Lipinski definition) is 1. The molecule has 0 aliphatic heterocycles. The molecular formula is C19H22NO2+. The predicted octanol–water partition coefficient (Wildman–Crippen LogP) is 3.47. The predicted molar refractivity (Wildman–Crippen MR) is 85.6 cm³/mol. The van der Waals surface area contributed by atoms with Gasteiger partial charge in [-0.3, -0.25) is 0 Å². The van der Waals surface area contributed by atoms with Crippen molar-refractivity contribution in [3.05, 3.63) is 83.7 Å². The van der Waals surface area contributed by atoms with Crippen molar-refractivity contribution in [1.82, 2.24) is 0 Å². The van der Waals surface area contributed by atoms with E-state index in [1.165, 1.54) is 11.1 Å². The molecule has 0 aliphatic carbocycles. The maximum atomic E-state index is 5.65. The van der Waals surface area contributed by atoms with Crippen LogP contribution >= 0.6 is 0 Å². The number of quaternary nitrogens is 1. The van der Waals surface area contributed by atoms with Crippen molar-refractivity contribution < 1.29 is 14.2 Å². The average molecular weight is 296 g/mol. The molecule has 2 aromatic heterocycles. The Morgan fingerprint density at radius 3 is 2.41 bits per heavy atom. The van der Waals surface area contributed by atoms with Crippen molar-refractivity contribution in [2.75, 3.05) is 6.54 Å². The lowest BCUT2D eigenvalue weighted by atomic mass is 9.92. The number of nitrogens with two attached hydrogens (primary N) is 1. The van der Waals surface area contributed by atoms with Gasteiger partial charge in [0.05, 0.1) is 19.1 Å². The summed E-state index contributed by atoms with van der Waals surface area (Å²) in [4.78, 5) is 0. The maximum absolute atomic E-state index is 5.65. The summed E-state index contributed by atoms with van der Waals surface area (Å²) in [6.07, 6.45) is 4.52. The molecule has 114 valence electrons. The summed E-state index contributed by atoms with van der Waals surface area (Å²) < 4.78 is 11.0. The van der Waals surface area contributed by atoms with Crippen LogP contribution in [0.25, 0.3) is 0 Å². The van der Waals surface area contributed by atoms with Crippen molar-refractivity contribution in [3.8, 4) is 0 Å². The Bertz CT molecular complexity index is 654. The van der Waals surface area contributed by atoms with Gasteiger partial charge in [-0.05, 0) is 36.8 Å². The van der Waals surface area contributed by atoms with Gasteiger partial charge in [0.1, 0.15) is 12.3 Å². The third kappa shape index (κ3) is 3.68. The van der Waals surface area contributed by atoms with Crippen LogP contribution in [0.1, 0.15) is 35.0 Å². The lowest BCUT2D eigenvalue weighted by Gasteiger charge is -2.14. The van der Waals surface area contributed by atoms with Crippen LogP contribution in [0.15, 0.2) is 69.9 Å². The molecule has 0 amide bonds. The van der Waals surface area contributed by atoms with Crippen LogP contribution < -0.4 is 5.32 Å². The van der Waals surface area contributed by atoms with Gasteiger partial charge in [0, 0.05) is 12.3 Å². The van der Waals surface area contributed by atoms with Crippen molar-refractivity contribution in [3.63, 3.8) is 0 Å². The molecule has 3 rings (SSSR count). The SMILES string of the molecule is Cc1ccc([C@H](CC[NH2+]Cc2ccco2)c2ccco2)cc1. The van der Waals surface area contributed by atoms with Crippen LogP contribution in [0, 0.1) is 6.92 Å². The quantitative estimate of drug-likeness (QED) is 0.678. The summed E-state index contributed by atoms with van der Waals surface area (Å²) in [5, 5.41) is 2.28. The summed E-state index contributed by atoms with van der Waals surface area (Å²) in [7, 11) is 0. The third-order valence-electron chi connectivity index (χ3n) is 3.95. The number of rotatable bonds is 7. The molecule has 0 saturated heterocycles. The zero-order valence-electron chi connectivity index (χ0n) is 12.9. The van der Waals surface area contributed by atoms with E-state index in [0.717, 1.165) is 31.0 Å². The molecule has 1 aromatic carbocycles. The second kappa shape index (κ2) is 7.14. The minimum Gasteiger partial charge on any atom is -0.469 e. The van der Waals surface area contributed by atoms with E-state index >= 15 is 0 Å². The van der Waals surface area contributed by atoms with E-state index < -0.39 is 0 Å². The number of furan rings is 2. The van der Waals surface area contributed by atoms with Gasteiger partial charge in [0.25, 0.3) is 0 Å². The second-order valence-corrected chi connectivity index (χ2v) is 5.63. The molecule has 22 heavy (non-hydrogen) atoms. The molecule has 0 saturated carbocycles. The van der Waals surface area contributed by atoms with Gasteiger partial charge in [-0.25, -0.2) is 0 Å². The number of hydrogen-bond acceptors (Lipinski definition) is 2. The first-order valence-electron chi connectivity index (χ1n) is 7.77. The Labute approximate surface area is 131 Å². The van der Waals surface area contributed by atoms with Crippen molar-refractivity contribution in [2.45, 2.75) is 25.8 Å². The summed E-state index contributed by atoms with van der Waals surface area (Å²) >= 11 is 0. The smallest absolute Gasteiger partial charge is 0.157 e. The van der Waals surface area contributed by atoms with Gasteiger partial charge in [-0.15, -0.1) is 0 Å². The topological polar surface area (TPSA) is 42.9 Å². The summed E-state index contributed by atoms with van der Waals surface area (Å²) in [6, 6.07) is 16.7. The van der Waals surface area contributed by atoms with E-state index in [1.54, 1.807) is 12.5 Å². The van der Waals surface area contributed by atoms with Crippen LogP contribution in [0.2, 0.25) is 0 Å². The van der Waals surface area contributed by atoms with E-state index in [9.17, 15) is 0 Å². The maximum Gasteiger partial charge on any atom is 0.157 e. The summed E-state index contributed by atoms with van der Waals surface area (Å²) in [6.45, 7) is 4.02. The molecule has 0 bridgehead atoms. The van der Waals surface area contributed by atoms with Gasteiger partial charge in [0.2, 0.25) is 0 Å². The Hall–Kier alpha value is -2.26. The largest absolute Gasteiger partial charge is 0.469 e. The van der Waals surface area contributed by atoms with Crippen LogP contribution in [-0.4, -0.2) is 6.54 Å². The average Bonchev–Trinajstić information content (AvgIpc) is 3.21. The molecule has 0 unspecified atom stereocenters.